The molecule has 20 heavy (non-hydrogen) atoms. The first-order valence-electron chi connectivity index (χ1n) is 5.65. The molecule has 0 spiro atoms. The van der Waals surface area contributed by atoms with Gasteiger partial charge in [-0.15, -0.1) is 0 Å². The van der Waals surface area contributed by atoms with Gasteiger partial charge < -0.3 is 0 Å². The lowest BCUT2D eigenvalue weighted by Crippen LogP contribution is -2.32. The minimum atomic E-state index is -4.19. The Labute approximate surface area is 115 Å². The molecule has 1 rings (SSSR count). The minimum Gasteiger partial charge on any atom is -0.258 e. The summed E-state index contributed by atoms with van der Waals surface area (Å²) in [6.07, 6.45) is 0.454. The molecule has 108 valence electrons. The Morgan fingerprint density at radius 3 is 2.60 bits per heavy atom. The van der Waals surface area contributed by atoms with Gasteiger partial charge in [0, 0.05) is 12.6 Å². The molecule has 0 amide bonds. The number of hydrogen-bond donors (Lipinski definition) is 0. The zero-order valence-electron chi connectivity index (χ0n) is 10.6. The largest absolute Gasteiger partial charge is 0.272 e. The van der Waals surface area contributed by atoms with Gasteiger partial charge >= 0.3 is 0 Å². The molecule has 7 nitrogen and oxygen atoms in total. The van der Waals surface area contributed by atoms with Crippen LogP contribution < -0.4 is 0 Å². The monoisotopic (exact) mass is 301 g/mol. The van der Waals surface area contributed by atoms with E-state index < -0.39 is 37.9 Å². The van der Waals surface area contributed by atoms with Crippen molar-refractivity contribution in [2.45, 2.75) is 18.2 Å². The molecule has 0 radical (unpaired) electrons. The third-order valence-corrected chi connectivity index (χ3v) is 4.34. The van der Waals surface area contributed by atoms with E-state index >= 15 is 0 Å². The van der Waals surface area contributed by atoms with Crippen molar-refractivity contribution in [1.82, 2.24) is 4.31 Å². The van der Waals surface area contributed by atoms with Gasteiger partial charge in [0.25, 0.3) is 5.69 Å². The van der Waals surface area contributed by atoms with E-state index in [9.17, 15) is 22.9 Å². The van der Waals surface area contributed by atoms with Gasteiger partial charge in [-0.05, 0) is 12.5 Å². The zero-order valence-corrected chi connectivity index (χ0v) is 11.4. The van der Waals surface area contributed by atoms with Crippen LogP contribution in [0, 0.1) is 27.3 Å². The van der Waals surface area contributed by atoms with Crippen LogP contribution in [0.15, 0.2) is 23.1 Å². The minimum absolute atomic E-state index is 0.0618. The van der Waals surface area contributed by atoms with Crippen molar-refractivity contribution < 1.29 is 17.7 Å². The van der Waals surface area contributed by atoms with Gasteiger partial charge in [-0.1, -0.05) is 6.92 Å². The molecule has 1 aromatic rings. The highest BCUT2D eigenvalue weighted by atomic mass is 32.2. The number of sulfonamides is 1. The topological polar surface area (TPSA) is 104 Å². The summed E-state index contributed by atoms with van der Waals surface area (Å²) in [5.41, 5.74) is -0.538. The van der Waals surface area contributed by atoms with E-state index in [1.54, 1.807) is 13.0 Å². The van der Waals surface area contributed by atoms with Gasteiger partial charge in [0.2, 0.25) is 10.0 Å². The van der Waals surface area contributed by atoms with E-state index in [2.05, 4.69) is 0 Å². The van der Waals surface area contributed by atoms with Crippen LogP contribution >= 0.6 is 0 Å². The first kappa shape index (κ1) is 16.0. The highest BCUT2D eigenvalue weighted by Gasteiger charge is 2.28. The van der Waals surface area contributed by atoms with Crippen LogP contribution in [-0.2, 0) is 10.0 Å². The molecule has 0 aliphatic carbocycles. The Morgan fingerprint density at radius 2 is 2.15 bits per heavy atom. The molecule has 0 aliphatic rings. The van der Waals surface area contributed by atoms with Crippen LogP contribution in [0.4, 0.5) is 10.1 Å². The van der Waals surface area contributed by atoms with Crippen molar-refractivity contribution in [3.8, 4) is 6.07 Å². The van der Waals surface area contributed by atoms with Crippen LogP contribution in [-0.4, -0.2) is 30.7 Å². The maximum atomic E-state index is 13.8. The van der Waals surface area contributed by atoms with Crippen molar-refractivity contribution in [1.29, 1.82) is 5.26 Å². The van der Waals surface area contributed by atoms with E-state index in [1.807, 2.05) is 0 Å². The summed E-state index contributed by atoms with van der Waals surface area (Å²) in [4.78, 5) is 8.99. The van der Waals surface area contributed by atoms with Crippen molar-refractivity contribution in [3.05, 3.63) is 34.1 Å². The summed E-state index contributed by atoms with van der Waals surface area (Å²) in [6, 6.07) is 3.98. The molecule has 0 unspecified atom stereocenters. The van der Waals surface area contributed by atoms with E-state index in [1.165, 1.54) is 0 Å². The quantitative estimate of drug-likeness (QED) is 0.451. The maximum Gasteiger partial charge on any atom is 0.272 e. The van der Waals surface area contributed by atoms with Crippen molar-refractivity contribution in [2.24, 2.45) is 0 Å². The summed E-state index contributed by atoms with van der Waals surface area (Å²) in [5, 5.41) is 19.1. The summed E-state index contributed by atoms with van der Waals surface area (Å²) in [7, 11) is -4.19. The van der Waals surface area contributed by atoms with Crippen molar-refractivity contribution in [3.63, 3.8) is 0 Å². The summed E-state index contributed by atoms with van der Waals surface area (Å²) >= 11 is 0. The Bertz CT molecular complexity index is 654. The van der Waals surface area contributed by atoms with E-state index in [0.717, 1.165) is 16.4 Å². The Hall–Kier alpha value is -2.05. The molecular formula is C11H12FN3O4S. The fraction of sp³-hybridized carbons (Fsp3) is 0.364. The van der Waals surface area contributed by atoms with E-state index in [0.29, 0.717) is 12.5 Å². The van der Waals surface area contributed by atoms with Gasteiger partial charge in [0.1, 0.15) is 17.3 Å². The van der Waals surface area contributed by atoms with Crippen molar-refractivity contribution in [2.75, 3.05) is 13.1 Å². The predicted octanol–water partition coefficient (Wildman–Crippen LogP) is 1.66. The molecule has 1 aromatic carbocycles. The molecular weight excluding hydrogens is 289 g/mol. The lowest BCUT2D eigenvalue weighted by atomic mass is 10.3. The number of hydrogen-bond acceptors (Lipinski definition) is 5. The molecule has 0 atom stereocenters. The van der Waals surface area contributed by atoms with Gasteiger partial charge in [-0.3, -0.25) is 10.1 Å². The smallest absolute Gasteiger partial charge is 0.258 e. The second kappa shape index (κ2) is 6.40. The molecule has 0 fully saturated rings. The summed E-state index contributed by atoms with van der Waals surface area (Å²) in [6.45, 7) is 1.37. The molecule has 0 heterocycles. The predicted molar refractivity (Wildman–Crippen MR) is 67.7 cm³/mol. The van der Waals surface area contributed by atoms with Crippen LogP contribution in [0.2, 0.25) is 0 Å². The summed E-state index contributed by atoms with van der Waals surface area (Å²) < 4.78 is 38.9. The number of nitriles is 1. The van der Waals surface area contributed by atoms with Gasteiger partial charge in [0.15, 0.2) is 0 Å². The molecule has 0 aromatic heterocycles. The highest BCUT2D eigenvalue weighted by molar-refractivity contribution is 7.89. The first-order chi connectivity index (χ1) is 9.34. The molecule has 9 heteroatoms. The fourth-order valence-electron chi connectivity index (χ4n) is 1.56. The SMILES string of the molecule is CCCN(CC#N)S(=O)(=O)c1ccc([N+](=O)[O-])cc1F. The Balaban J connectivity index is 3.27. The van der Waals surface area contributed by atoms with Crippen molar-refractivity contribution >= 4 is 15.7 Å². The summed E-state index contributed by atoms with van der Waals surface area (Å²) in [5.74, 6) is -1.21. The van der Waals surface area contributed by atoms with E-state index in [4.69, 9.17) is 5.26 Å². The number of benzene rings is 1. The Morgan fingerprint density at radius 1 is 1.50 bits per heavy atom. The maximum absolute atomic E-state index is 13.8. The molecule has 0 aliphatic heterocycles. The molecule has 0 saturated heterocycles. The van der Waals surface area contributed by atoms with Gasteiger partial charge in [0.05, 0.1) is 17.1 Å². The van der Waals surface area contributed by atoms with Gasteiger partial charge in [-0.2, -0.15) is 9.57 Å². The highest BCUT2D eigenvalue weighted by Crippen LogP contribution is 2.23. The number of nitrogens with zero attached hydrogens (tertiary/aromatic N) is 3. The normalized spacial score (nSPS) is 11.3. The third kappa shape index (κ3) is 3.28. The van der Waals surface area contributed by atoms with Gasteiger partial charge in [-0.25, -0.2) is 12.8 Å². The standard InChI is InChI=1S/C11H12FN3O4S/c1-2-6-14(7-5-13)20(18,19)11-4-3-9(15(16)17)8-10(11)12/h3-4,8H,2,6-7H2,1H3. The molecule has 0 N–H and O–H groups in total. The molecule has 0 saturated carbocycles. The lowest BCUT2D eigenvalue weighted by Gasteiger charge is -2.18. The molecule has 0 bridgehead atoms. The lowest BCUT2D eigenvalue weighted by molar-refractivity contribution is -0.385. The second-order valence-electron chi connectivity index (χ2n) is 3.87. The number of non-ortho nitro benzene ring substituents is 1. The third-order valence-electron chi connectivity index (χ3n) is 2.46. The number of nitro groups is 1. The average Bonchev–Trinajstić information content (AvgIpc) is 2.37. The average molecular weight is 301 g/mol. The Kier molecular flexibility index (Phi) is 5.12. The van der Waals surface area contributed by atoms with Crippen LogP contribution in [0.25, 0.3) is 0 Å². The van der Waals surface area contributed by atoms with Crippen LogP contribution in [0.1, 0.15) is 13.3 Å². The first-order valence-corrected chi connectivity index (χ1v) is 7.09. The van der Waals surface area contributed by atoms with Crippen LogP contribution in [0.3, 0.4) is 0 Å². The number of nitro benzene ring substituents is 1. The van der Waals surface area contributed by atoms with Crippen LogP contribution in [0.5, 0.6) is 0 Å². The zero-order chi connectivity index (χ0) is 15.3. The fourth-order valence-corrected chi connectivity index (χ4v) is 3.04. The number of rotatable bonds is 6. The second-order valence-corrected chi connectivity index (χ2v) is 5.77. The van der Waals surface area contributed by atoms with E-state index in [-0.39, 0.29) is 6.54 Å². The number of halogens is 1.